The molecule has 1 aliphatic rings. The molecule has 11 heteroatoms. The normalized spacial score (nSPS) is 16.8. The maximum Gasteiger partial charge on any atom is 0.340 e. The monoisotopic (exact) mass is 418 g/mol. The van der Waals surface area contributed by atoms with Gasteiger partial charge in [0.1, 0.15) is 5.75 Å². The molecular weight excluding hydrogens is 399 g/mol. The van der Waals surface area contributed by atoms with E-state index in [1.165, 1.54) is 7.11 Å². The van der Waals surface area contributed by atoms with Gasteiger partial charge >= 0.3 is 12.3 Å². The second-order valence-corrected chi connectivity index (χ2v) is 5.81. The average molecular weight is 419 g/mol. The summed E-state index contributed by atoms with van der Waals surface area (Å²) in [4.78, 5) is 12.0. The zero-order valence-electron chi connectivity index (χ0n) is 14.4. The van der Waals surface area contributed by atoms with Crippen LogP contribution < -0.4 is 20.1 Å². The highest BCUT2D eigenvalue weighted by atomic mass is 35.5. The van der Waals surface area contributed by atoms with E-state index in [0.29, 0.717) is 6.42 Å². The standard InChI is InChI=1S/C16H19F5N2O3.ClH/c1-25-12-6-13(26-8-16(20,21)15(18)19)10(17)5-9(12)7-23-14(24)11-3-2-4-22-11;/h5-6,11,15,22H,2-4,7-8H2,1H3,(H,23,24);1H/t11-;/m0./s1. The van der Waals surface area contributed by atoms with Crippen molar-refractivity contribution in [3.63, 3.8) is 0 Å². The van der Waals surface area contributed by atoms with Crippen molar-refractivity contribution < 1.29 is 36.2 Å². The van der Waals surface area contributed by atoms with E-state index in [-0.39, 0.29) is 42.2 Å². The second kappa shape index (κ2) is 9.93. The summed E-state index contributed by atoms with van der Waals surface area (Å²) in [6, 6.07) is 1.61. The van der Waals surface area contributed by atoms with Crippen LogP contribution in [0.1, 0.15) is 18.4 Å². The van der Waals surface area contributed by atoms with Gasteiger partial charge in [-0.2, -0.15) is 8.78 Å². The van der Waals surface area contributed by atoms with Crippen LogP contribution in [0.3, 0.4) is 0 Å². The van der Waals surface area contributed by atoms with Crippen molar-refractivity contribution in [3.05, 3.63) is 23.5 Å². The van der Waals surface area contributed by atoms with Crippen molar-refractivity contribution >= 4 is 18.3 Å². The number of halogens is 6. The van der Waals surface area contributed by atoms with Crippen molar-refractivity contribution in [2.45, 2.75) is 37.8 Å². The second-order valence-electron chi connectivity index (χ2n) is 5.81. The van der Waals surface area contributed by atoms with Crippen LogP contribution >= 0.6 is 12.4 Å². The molecular formula is C16H20ClF5N2O3. The Hall–Kier alpha value is -1.81. The molecule has 154 valence electrons. The molecule has 1 saturated heterocycles. The van der Waals surface area contributed by atoms with E-state index in [2.05, 4.69) is 15.4 Å². The van der Waals surface area contributed by atoms with Crippen LogP contribution in [0.2, 0.25) is 0 Å². The third-order valence-corrected chi connectivity index (χ3v) is 3.90. The van der Waals surface area contributed by atoms with Gasteiger partial charge < -0.3 is 20.1 Å². The highest BCUT2D eigenvalue weighted by Gasteiger charge is 2.42. The molecule has 0 radical (unpaired) electrons. The lowest BCUT2D eigenvalue weighted by molar-refractivity contribution is -0.148. The molecule has 0 saturated carbocycles. The highest BCUT2D eigenvalue weighted by Crippen LogP contribution is 2.30. The molecule has 1 amide bonds. The van der Waals surface area contributed by atoms with Gasteiger partial charge in [0.25, 0.3) is 0 Å². The molecule has 0 unspecified atom stereocenters. The molecule has 0 spiro atoms. The number of methoxy groups -OCH3 is 1. The molecule has 0 aromatic heterocycles. The quantitative estimate of drug-likeness (QED) is 0.637. The number of amides is 1. The number of rotatable bonds is 8. The number of hydrogen-bond acceptors (Lipinski definition) is 4. The van der Waals surface area contributed by atoms with Gasteiger partial charge in [0, 0.05) is 18.2 Å². The van der Waals surface area contributed by atoms with Crippen LogP contribution in [-0.2, 0) is 11.3 Å². The minimum absolute atomic E-state index is 0. The number of carbonyl (C=O) groups is 1. The maximum absolute atomic E-state index is 14.0. The van der Waals surface area contributed by atoms with E-state index < -0.39 is 30.5 Å². The summed E-state index contributed by atoms with van der Waals surface area (Å²) in [6.45, 7) is -0.982. The molecule has 1 atom stereocenters. The summed E-state index contributed by atoms with van der Waals surface area (Å²) in [5.74, 6) is -6.25. The molecule has 27 heavy (non-hydrogen) atoms. The fourth-order valence-electron chi connectivity index (χ4n) is 2.47. The summed E-state index contributed by atoms with van der Waals surface area (Å²) in [5.41, 5.74) is 0.254. The van der Waals surface area contributed by atoms with Crippen LogP contribution in [0.5, 0.6) is 11.5 Å². The van der Waals surface area contributed by atoms with Crippen LogP contribution in [0, 0.1) is 5.82 Å². The zero-order valence-corrected chi connectivity index (χ0v) is 15.2. The van der Waals surface area contributed by atoms with Gasteiger partial charge in [0.05, 0.1) is 13.2 Å². The lowest BCUT2D eigenvalue weighted by Gasteiger charge is -2.18. The summed E-state index contributed by atoms with van der Waals surface area (Å²) in [7, 11) is 1.26. The average Bonchev–Trinajstić information content (AvgIpc) is 3.13. The van der Waals surface area contributed by atoms with Crippen molar-refractivity contribution in [2.75, 3.05) is 20.3 Å². The molecule has 2 N–H and O–H groups in total. The predicted octanol–water partition coefficient (Wildman–Crippen LogP) is 2.90. The van der Waals surface area contributed by atoms with Crippen LogP contribution in [-0.4, -0.2) is 44.6 Å². The third-order valence-electron chi connectivity index (χ3n) is 3.90. The summed E-state index contributed by atoms with van der Waals surface area (Å²) < 4.78 is 73.6. The van der Waals surface area contributed by atoms with Gasteiger partial charge in [-0.15, -0.1) is 12.4 Å². The minimum Gasteiger partial charge on any atom is -0.496 e. The number of alkyl halides is 4. The first-order valence-corrected chi connectivity index (χ1v) is 7.91. The van der Waals surface area contributed by atoms with Crippen molar-refractivity contribution in [3.8, 4) is 11.5 Å². The van der Waals surface area contributed by atoms with Crippen LogP contribution in [0.25, 0.3) is 0 Å². The van der Waals surface area contributed by atoms with Crippen molar-refractivity contribution in [1.29, 1.82) is 0 Å². The molecule has 5 nitrogen and oxygen atoms in total. The first-order valence-electron chi connectivity index (χ1n) is 7.91. The Kier molecular flexibility index (Phi) is 8.55. The molecule has 1 aliphatic heterocycles. The smallest absolute Gasteiger partial charge is 0.340 e. The predicted molar refractivity (Wildman–Crippen MR) is 89.5 cm³/mol. The number of ether oxygens (including phenoxy) is 2. The van der Waals surface area contributed by atoms with Crippen molar-refractivity contribution in [2.24, 2.45) is 0 Å². The van der Waals surface area contributed by atoms with Gasteiger partial charge in [-0.25, -0.2) is 13.2 Å². The minimum atomic E-state index is -4.40. The highest BCUT2D eigenvalue weighted by molar-refractivity contribution is 5.85. The first kappa shape index (κ1) is 23.2. The Balaban J connectivity index is 0.00000364. The third kappa shape index (κ3) is 6.10. The molecule has 0 aliphatic carbocycles. The Bertz CT molecular complexity index is 643. The van der Waals surface area contributed by atoms with Gasteiger partial charge in [0.15, 0.2) is 18.2 Å². The number of nitrogens with one attached hydrogen (secondary N) is 2. The number of carbonyl (C=O) groups excluding carboxylic acids is 1. The van der Waals surface area contributed by atoms with Crippen LogP contribution in [0.15, 0.2) is 12.1 Å². The molecule has 1 heterocycles. The van der Waals surface area contributed by atoms with E-state index in [4.69, 9.17) is 4.74 Å². The van der Waals surface area contributed by atoms with E-state index in [1.54, 1.807) is 0 Å². The van der Waals surface area contributed by atoms with Gasteiger partial charge in [-0.3, -0.25) is 4.79 Å². The van der Waals surface area contributed by atoms with Gasteiger partial charge in [0.2, 0.25) is 5.91 Å². The molecule has 0 bridgehead atoms. The van der Waals surface area contributed by atoms with E-state index in [1.807, 2.05) is 0 Å². The molecule has 1 aromatic rings. The Morgan fingerprint density at radius 2 is 2.07 bits per heavy atom. The summed E-state index contributed by atoms with van der Waals surface area (Å²) in [6.07, 6.45) is -2.35. The lowest BCUT2D eigenvalue weighted by atomic mass is 10.1. The fraction of sp³-hybridized carbons (Fsp3) is 0.562. The van der Waals surface area contributed by atoms with E-state index in [9.17, 15) is 26.7 Å². The Labute approximate surface area is 159 Å². The zero-order chi connectivity index (χ0) is 19.3. The van der Waals surface area contributed by atoms with Crippen LogP contribution in [0.4, 0.5) is 22.0 Å². The Morgan fingerprint density at radius 1 is 1.37 bits per heavy atom. The molecule has 1 aromatic carbocycles. The Morgan fingerprint density at radius 3 is 2.63 bits per heavy atom. The topological polar surface area (TPSA) is 59.6 Å². The van der Waals surface area contributed by atoms with Gasteiger partial charge in [-0.1, -0.05) is 0 Å². The summed E-state index contributed by atoms with van der Waals surface area (Å²) in [5, 5.41) is 5.64. The molecule has 2 rings (SSSR count). The van der Waals surface area contributed by atoms with Crippen molar-refractivity contribution in [1.82, 2.24) is 10.6 Å². The number of hydrogen-bond donors (Lipinski definition) is 2. The lowest BCUT2D eigenvalue weighted by Crippen LogP contribution is -2.40. The SMILES string of the molecule is COc1cc(OCC(F)(F)C(F)F)c(F)cc1CNC(=O)[C@@H]1CCCN1.Cl. The summed E-state index contributed by atoms with van der Waals surface area (Å²) >= 11 is 0. The maximum atomic E-state index is 14.0. The molecule has 1 fully saturated rings. The van der Waals surface area contributed by atoms with Gasteiger partial charge in [-0.05, 0) is 25.5 Å². The fourth-order valence-corrected chi connectivity index (χ4v) is 2.47. The van der Waals surface area contributed by atoms with E-state index >= 15 is 0 Å². The first-order chi connectivity index (χ1) is 12.2. The van der Waals surface area contributed by atoms with E-state index in [0.717, 1.165) is 25.1 Å². The largest absolute Gasteiger partial charge is 0.496 e. The number of benzene rings is 1.